The van der Waals surface area contributed by atoms with Gasteiger partial charge in [0.15, 0.2) is 12.4 Å². The van der Waals surface area contributed by atoms with Crippen molar-refractivity contribution in [3.63, 3.8) is 0 Å². The molecule has 0 bridgehead atoms. The van der Waals surface area contributed by atoms with Crippen molar-refractivity contribution in [1.82, 2.24) is 15.0 Å². The van der Waals surface area contributed by atoms with Gasteiger partial charge in [0.05, 0.1) is 23.2 Å². The average Bonchev–Trinajstić information content (AvgIpc) is 3.38. The minimum absolute atomic E-state index is 0.0238. The summed E-state index contributed by atoms with van der Waals surface area (Å²) in [6.45, 7) is -0.205. The molecule has 0 radical (unpaired) electrons. The van der Waals surface area contributed by atoms with Crippen LogP contribution < -0.4 is 21.1 Å². The van der Waals surface area contributed by atoms with Crippen molar-refractivity contribution < 1.29 is 19.1 Å². The third-order valence-corrected chi connectivity index (χ3v) is 5.38. The smallest absolute Gasteiger partial charge is 0.338 e. The molecular weight excluding hydrogens is 456 g/mol. The number of methoxy groups -OCH3 is 1. The number of carbonyl (C=O) groups is 2. The lowest BCUT2D eigenvalue weighted by Crippen LogP contribution is -2.12. The number of amides is 1. The second-order valence-corrected chi connectivity index (χ2v) is 7.79. The van der Waals surface area contributed by atoms with Crippen molar-refractivity contribution in [2.75, 3.05) is 23.5 Å². The highest BCUT2D eigenvalue weighted by atomic mass is 32.1. The number of ether oxygens (including phenoxy) is 2. The molecule has 0 aliphatic heterocycles. The molecule has 0 spiro atoms. The van der Waals surface area contributed by atoms with Gasteiger partial charge in [0.1, 0.15) is 5.75 Å². The largest absolute Gasteiger partial charge is 0.495 e. The zero-order valence-corrected chi connectivity index (χ0v) is 18.8. The second kappa shape index (κ2) is 10.4. The molecule has 0 atom stereocenters. The van der Waals surface area contributed by atoms with Crippen LogP contribution in [0, 0.1) is 0 Å². The number of esters is 1. The van der Waals surface area contributed by atoms with E-state index in [-0.39, 0.29) is 30.2 Å². The highest BCUT2D eigenvalue weighted by Gasteiger charge is 2.13. The Hall–Kier alpha value is -4.51. The fraction of sp³-hybridized carbons (Fsp3) is 0.0870. The van der Waals surface area contributed by atoms with Gasteiger partial charge in [-0.25, -0.2) is 4.79 Å². The molecule has 172 valence electrons. The van der Waals surface area contributed by atoms with Crippen LogP contribution in [0.25, 0.3) is 0 Å². The van der Waals surface area contributed by atoms with E-state index in [2.05, 4.69) is 25.6 Å². The molecule has 34 heavy (non-hydrogen) atoms. The Morgan fingerprint density at radius 1 is 1.00 bits per heavy atom. The first-order valence-electron chi connectivity index (χ1n) is 10.0. The highest BCUT2D eigenvalue weighted by Crippen LogP contribution is 2.25. The number of nitrogens with one attached hydrogen (secondary N) is 2. The first kappa shape index (κ1) is 22.7. The van der Waals surface area contributed by atoms with Crippen molar-refractivity contribution in [2.24, 2.45) is 0 Å². The summed E-state index contributed by atoms with van der Waals surface area (Å²) in [5.74, 6) is 0.158. The number of anilines is 4. The van der Waals surface area contributed by atoms with Crippen LogP contribution in [0.3, 0.4) is 0 Å². The van der Waals surface area contributed by atoms with E-state index in [1.54, 1.807) is 55.6 Å². The van der Waals surface area contributed by atoms with Gasteiger partial charge >= 0.3 is 5.97 Å². The molecule has 0 saturated carbocycles. The summed E-state index contributed by atoms with van der Waals surface area (Å²) in [7, 11) is 1.55. The molecule has 4 rings (SSSR count). The van der Waals surface area contributed by atoms with E-state index >= 15 is 0 Å². The van der Waals surface area contributed by atoms with E-state index in [1.165, 1.54) is 11.3 Å². The summed E-state index contributed by atoms with van der Waals surface area (Å²) < 4.78 is 10.6. The highest BCUT2D eigenvalue weighted by molar-refractivity contribution is 7.12. The molecule has 10 nitrogen and oxygen atoms in total. The summed E-state index contributed by atoms with van der Waals surface area (Å²) >= 11 is 1.34. The first-order chi connectivity index (χ1) is 16.5. The molecule has 0 saturated heterocycles. The fourth-order valence-electron chi connectivity index (χ4n) is 2.93. The standard InChI is InChI=1S/C23H20N6O4S/c1-32-17-6-3-2-5-16(17)26-23-28-19(27-22(24)29-23)13-33-21(31)14-8-10-15(11-9-14)25-20(30)18-7-4-12-34-18/h2-12H,13H2,1H3,(H,25,30)(H3,24,26,27,28,29). The number of hydrogen-bond acceptors (Lipinski definition) is 10. The van der Waals surface area contributed by atoms with Gasteiger partial charge in [-0.3, -0.25) is 4.79 Å². The lowest BCUT2D eigenvalue weighted by atomic mass is 10.2. The minimum atomic E-state index is -0.575. The molecule has 1 amide bonds. The van der Waals surface area contributed by atoms with Crippen molar-refractivity contribution in [1.29, 1.82) is 0 Å². The summed E-state index contributed by atoms with van der Waals surface area (Å²) in [6, 6.07) is 17.1. The third-order valence-electron chi connectivity index (χ3n) is 4.51. The van der Waals surface area contributed by atoms with Crippen molar-refractivity contribution >= 4 is 46.5 Å². The number of nitrogen functional groups attached to an aromatic ring is 1. The van der Waals surface area contributed by atoms with Gasteiger partial charge in [-0.2, -0.15) is 15.0 Å². The second-order valence-electron chi connectivity index (χ2n) is 6.84. The molecule has 0 unspecified atom stereocenters. The SMILES string of the molecule is COc1ccccc1Nc1nc(N)nc(COC(=O)c2ccc(NC(=O)c3cccs3)cc2)n1. The Bertz CT molecular complexity index is 1300. The topological polar surface area (TPSA) is 141 Å². The van der Waals surface area contributed by atoms with E-state index in [1.807, 2.05) is 17.5 Å². The number of carbonyl (C=O) groups excluding carboxylic acids is 2. The normalized spacial score (nSPS) is 10.4. The van der Waals surface area contributed by atoms with Crippen LogP contribution in [0.4, 0.5) is 23.3 Å². The number of thiophene rings is 1. The minimum Gasteiger partial charge on any atom is -0.495 e. The third kappa shape index (κ3) is 5.64. The van der Waals surface area contributed by atoms with Crippen molar-refractivity contribution in [3.8, 4) is 5.75 Å². The Morgan fingerprint density at radius 2 is 1.79 bits per heavy atom. The molecule has 0 aliphatic rings. The van der Waals surface area contributed by atoms with Gasteiger partial charge in [-0.05, 0) is 47.8 Å². The van der Waals surface area contributed by atoms with Crippen LogP contribution in [0.1, 0.15) is 25.9 Å². The molecule has 2 aromatic carbocycles. The molecule has 2 aromatic heterocycles. The quantitative estimate of drug-likeness (QED) is 0.323. The van der Waals surface area contributed by atoms with Gasteiger partial charge in [0.25, 0.3) is 5.91 Å². The predicted molar refractivity (Wildman–Crippen MR) is 128 cm³/mol. The lowest BCUT2D eigenvalue weighted by molar-refractivity contribution is 0.0462. The molecule has 11 heteroatoms. The Balaban J connectivity index is 1.37. The van der Waals surface area contributed by atoms with E-state index in [0.29, 0.717) is 27.6 Å². The van der Waals surface area contributed by atoms with Gasteiger partial charge < -0.3 is 25.8 Å². The lowest BCUT2D eigenvalue weighted by Gasteiger charge is -2.11. The van der Waals surface area contributed by atoms with Crippen molar-refractivity contribution in [3.05, 3.63) is 82.3 Å². The number of nitrogens with two attached hydrogens (primary N) is 1. The zero-order valence-electron chi connectivity index (χ0n) is 18.0. The fourth-order valence-corrected chi connectivity index (χ4v) is 3.55. The molecule has 0 aliphatic carbocycles. The van der Waals surface area contributed by atoms with Crippen LogP contribution in [0.5, 0.6) is 5.75 Å². The molecule has 0 fully saturated rings. The maximum absolute atomic E-state index is 12.4. The number of aromatic nitrogens is 3. The van der Waals surface area contributed by atoms with E-state index in [0.717, 1.165) is 0 Å². The van der Waals surface area contributed by atoms with Crippen LogP contribution >= 0.6 is 11.3 Å². The van der Waals surface area contributed by atoms with Gasteiger partial charge in [0.2, 0.25) is 11.9 Å². The molecule has 4 N–H and O–H groups in total. The predicted octanol–water partition coefficient (Wildman–Crippen LogP) is 3.88. The van der Waals surface area contributed by atoms with Crippen LogP contribution in [-0.2, 0) is 11.3 Å². The van der Waals surface area contributed by atoms with Gasteiger partial charge in [0, 0.05) is 5.69 Å². The Labute approximate surface area is 198 Å². The summed E-state index contributed by atoms with van der Waals surface area (Å²) in [4.78, 5) is 37.5. The monoisotopic (exact) mass is 476 g/mol. The summed E-state index contributed by atoms with van der Waals surface area (Å²) in [6.07, 6.45) is 0. The molecule has 2 heterocycles. The van der Waals surface area contributed by atoms with Crippen LogP contribution in [0.2, 0.25) is 0 Å². The number of hydrogen-bond donors (Lipinski definition) is 3. The van der Waals surface area contributed by atoms with Gasteiger partial charge in [-0.1, -0.05) is 18.2 Å². The maximum Gasteiger partial charge on any atom is 0.338 e. The average molecular weight is 477 g/mol. The van der Waals surface area contributed by atoms with Crippen molar-refractivity contribution in [2.45, 2.75) is 6.61 Å². The maximum atomic E-state index is 12.4. The van der Waals surface area contributed by atoms with Crippen LogP contribution in [0.15, 0.2) is 66.0 Å². The number of benzene rings is 2. The Morgan fingerprint density at radius 3 is 2.53 bits per heavy atom. The van der Waals surface area contributed by atoms with E-state index in [9.17, 15) is 9.59 Å². The molecule has 4 aromatic rings. The van der Waals surface area contributed by atoms with Gasteiger partial charge in [-0.15, -0.1) is 11.3 Å². The molecular formula is C23H20N6O4S. The zero-order chi connectivity index (χ0) is 23.9. The van der Waals surface area contributed by atoms with E-state index in [4.69, 9.17) is 15.2 Å². The van der Waals surface area contributed by atoms with Crippen LogP contribution in [-0.4, -0.2) is 33.9 Å². The summed E-state index contributed by atoms with van der Waals surface area (Å²) in [5, 5.41) is 7.61. The summed E-state index contributed by atoms with van der Waals surface area (Å²) in [5.41, 5.74) is 7.30. The number of para-hydroxylation sites is 2. The first-order valence-corrected chi connectivity index (χ1v) is 10.9. The Kier molecular flexibility index (Phi) is 6.94. The number of nitrogens with zero attached hydrogens (tertiary/aromatic N) is 3. The number of rotatable bonds is 8. The van der Waals surface area contributed by atoms with E-state index < -0.39 is 5.97 Å².